The number of anilines is 2. The van der Waals surface area contributed by atoms with Crippen LogP contribution in [0, 0.1) is 0 Å². The minimum absolute atomic E-state index is 0.0777. The summed E-state index contributed by atoms with van der Waals surface area (Å²) >= 11 is 9.00. The lowest BCUT2D eigenvalue weighted by molar-refractivity contribution is -0.126. The van der Waals surface area contributed by atoms with Crippen LogP contribution in [0.5, 0.6) is 0 Å². The first-order valence-electron chi connectivity index (χ1n) is 12.0. The van der Waals surface area contributed by atoms with E-state index in [1.54, 1.807) is 23.2 Å². The van der Waals surface area contributed by atoms with Crippen molar-refractivity contribution in [1.82, 2.24) is 15.2 Å². The van der Waals surface area contributed by atoms with Crippen LogP contribution in [0.3, 0.4) is 0 Å². The molecule has 0 radical (unpaired) electrons. The molecule has 12 heteroatoms. The predicted molar refractivity (Wildman–Crippen MR) is 145 cm³/mol. The summed E-state index contributed by atoms with van der Waals surface area (Å²) in [5, 5.41) is 6.77. The van der Waals surface area contributed by atoms with Crippen molar-refractivity contribution in [1.29, 1.82) is 0 Å². The second kappa shape index (κ2) is 11.7. The molecular weight excluding hydrogens is 534 g/mol. The van der Waals surface area contributed by atoms with E-state index in [1.807, 2.05) is 29.2 Å². The quantitative estimate of drug-likeness (QED) is 0.437. The first-order valence-corrected chi connectivity index (χ1v) is 14.0. The van der Waals surface area contributed by atoms with Crippen molar-refractivity contribution in [2.24, 2.45) is 0 Å². The molecule has 0 spiro atoms. The summed E-state index contributed by atoms with van der Waals surface area (Å²) in [5.74, 6) is -0.346. The molecule has 3 aromatic rings. The maximum absolute atomic E-state index is 13.0. The highest BCUT2D eigenvalue weighted by Crippen LogP contribution is 2.33. The van der Waals surface area contributed by atoms with Gasteiger partial charge in [0.25, 0.3) is 5.91 Å². The minimum atomic E-state index is -0.371. The number of thiazole rings is 1. The summed E-state index contributed by atoms with van der Waals surface area (Å²) in [6.07, 6.45) is 3.31. The molecule has 2 aliphatic heterocycles. The number of aromatic nitrogens is 1. The van der Waals surface area contributed by atoms with Crippen molar-refractivity contribution in [2.75, 3.05) is 43.1 Å². The Bertz CT molecular complexity index is 1280. The zero-order valence-corrected chi connectivity index (χ0v) is 22.3. The maximum atomic E-state index is 13.0. The lowest BCUT2D eigenvalue weighted by Crippen LogP contribution is -2.44. The fourth-order valence-corrected chi connectivity index (χ4v) is 6.37. The van der Waals surface area contributed by atoms with Gasteiger partial charge in [0.15, 0.2) is 0 Å². The first-order chi connectivity index (χ1) is 18.0. The Balaban J connectivity index is 1.11. The fourth-order valence-electron chi connectivity index (χ4n) is 4.41. The molecule has 1 aromatic carbocycles. The number of morpholine rings is 1. The van der Waals surface area contributed by atoms with E-state index in [9.17, 15) is 14.4 Å². The highest BCUT2D eigenvalue weighted by Gasteiger charge is 2.32. The molecule has 37 heavy (non-hydrogen) atoms. The van der Waals surface area contributed by atoms with E-state index in [0.717, 1.165) is 26.9 Å². The van der Waals surface area contributed by atoms with Crippen molar-refractivity contribution in [3.63, 3.8) is 0 Å². The Morgan fingerprint density at radius 2 is 1.97 bits per heavy atom. The molecule has 2 N–H and O–H groups in total. The molecule has 0 aliphatic carbocycles. The number of nitrogens with zero attached hydrogens (tertiary/aromatic N) is 3. The van der Waals surface area contributed by atoms with Crippen LogP contribution in [0.25, 0.3) is 9.88 Å². The molecule has 4 heterocycles. The monoisotopic (exact) mass is 559 g/mol. The van der Waals surface area contributed by atoms with Crippen molar-refractivity contribution in [2.45, 2.75) is 25.4 Å². The summed E-state index contributed by atoms with van der Waals surface area (Å²) in [5.41, 5.74) is 1.43. The minimum Gasteiger partial charge on any atom is -0.370 e. The third-order valence-corrected chi connectivity index (χ3v) is 8.64. The van der Waals surface area contributed by atoms with Gasteiger partial charge in [-0.3, -0.25) is 19.3 Å². The Morgan fingerprint density at radius 3 is 2.73 bits per heavy atom. The predicted octanol–water partition coefficient (Wildman–Crippen LogP) is 3.61. The zero-order valence-electron chi connectivity index (χ0n) is 19.9. The van der Waals surface area contributed by atoms with Crippen LogP contribution in [0.2, 0.25) is 4.34 Å². The van der Waals surface area contributed by atoms with Crippen LogP contribution < -0.4 is 15.5 Å². The van der Waals surface area contributed by atoms with Gasteiger partial charge < -0.3 is 20.3 Å². The van der Waals surface area contributed by atoms with Gasteiger partial charge in [-0.25, -0.2) is 4.98 Å². The van der Waals surface area contributed by atoms with Gasteiger partial charge in [0.2, 0.25) is 11.8 Å². The molecule has 1 atom stereocenters. The Morgan fingerprint density at radius 1 is 1.14 bits per heavy atom. The summed E-state index contributed by atoms with van der Waals surface area (Å²) in [6.45, 7) is 2.33. The second-order valence-corrected chi connectivity index (χ2v) is 11.6. The number of carbonyl (C=O) groups is 3. The molecule has 194 valence electrons. The topological polar surface area (TPSA) is 104 Å². The van der Waals surface area contributed by atoms with Gasteiger partial charge >= 0.3 is 0 Å². The van der Waals surface area contributed by atoms with Crippen LogP contribution in [0.15, 0.2) is 42.6 Å². The van der Waals surface area contributed by atoms with Gasteiger partial charge in [-0.15, -0.1) is 22.7 Å². The average molecular weight is 560 g/mol. The maximum Gasteiger partial charge on any atom is 0.253 e. The van der Waals surface area contributed by atoms with Gasteiger partial charge in [-0.1, -0.05) is 11.6 Å². The molecule has 2 aromatic heterocycles. The SMILES string of the molecule is O=C(CN1CCC[C@@H]1C(=O)Nc1ccc(N2CCOCC2=O)cc1)NCc1cnc(-c2ccc(Cl)s2)s1. The van der Waals surface area contributed by atoms with Gasteiger partial charge in [-0.05, 0) is 55.8 Å². The van der Waals surface area contributed by atoms with Gasteiger partial charge in [0, 0.05) is 29.0 Å². The van der Waals surface area contributed by atoms with Gasteiger partial charge in [-0.2, -0.15) is 0 Å². The molecule has 2 saturated heterocycles. The van der Waals surface area contributed by atoms with Gasteiger partial charge in [0.05, 0.1) is 35.0 Å². The van der Waals surface area contributed by atoms with Crippen molar-refractivity contribution >= 4 is 63.4 Å². The average Bonchev–Trinajstić information content (AvgIpc) is 3.65. The number of carbonyl (C=O) groups excluding carboxylic acids is 3. The smallest absolute Gasteiger partial charge is 0.253 e. The summed E-state index contributed by atoms with van der Waals surface area (Å²) < 4.78 is 5.89. The molecule has 0 saturated carbocycles. The lowest BCUT2D eigenvalue weighted by atomic mass is 10.2. The number of nitrogens with one attached hydrogen (secondary N) is 2. The summed E-state index contributed by atoms with van der Waals surface area (Å²) in [4.78, 5) is 47.6. The van der Waals surface area contributed by atoms with Crippen LogP contribution in [-0.4, -0.2) is 66.5 Å². The first kappa shape index (κ1) is 25.8. The third-order valence-electron chi connectivity index (χ3n) is 6.24. The molecule has 0 unspecified atom stereocenters. The number of benzene rings is 1. The molecule has 5 rings (SSSR count). The second-order valence-electron chi connectivity index (χ2n) is 8.77. The number of thiophene rings is 1. The largest absolute Gasteiger partial charge is 0.370 e. The molecule has 2 fully saturated rings. The zero-order chi connectivity index (χ0) is 25.8. The molecular formula is C25H26ClN5O4S2. The Labute approximate surface area is 227 Å². The molecule has 9 nitrogen and oxygen atoms in total. The highest BCUT2D eigenvalue weighted by molar-refractivity contribution is 7.23. The normalized spacial score (nSPS) is 18.2. The summed E-state index contributed by atoms with van der Waals surface area (Å²) in [6, 6.07) is 10.6. The van der Waals surface area contributed by atoms with E-state index >= 15 is 0 Å². The number of hydrogen-bond acceptors (Lipinski definition) is 8. The standard InChI is InChI=1S/C25H26ClN5O4S2/c26-21-8-7-20(37-21)25-28-13-18(36-25)12-27-22(32)14-30-9-1-2-19(30)24(34)29-16-3-5-17(6-4-16)31-10-11-35-15-23(31)33/h3-8,13,19H,1-2,9-12,14-15H2,(H,27,32)(H,29,34)/t19-/m1/s1. The number of rotatable bonds is 8. The lowest BCUT2D eigenvalue weighted by Gasteiger charge is -2.27. The van der Waals surface area contributed by atoms with Gasteiger partial charge in [0.1, 0.15) is 11.6 Å². The number of amides is 3. The molecule has 2 aliphatic rings. The Kier molecular flexibility index (Phi) is 8.16. The van der Waals surface area contributed by atoms with Crippen molar-refractivity contribution in [3.8, 4) is 9.88 Å². The third kappa shape index (κ3) is 6.36. The van der Waals surface area contributed by atoms with E-state index in [0.29, 0.717) is 42.7 Å². The van der Waals surface area contributed by atoms with E-state index in [2.05, 4.69) is 15.6 Å². The fraction of sp³-hybridized carbons (Fsp3) is 0.360. The molecule has 3 amide bonds. The molecule has 0 bridgehead atoms. The Hall–Kier alpha value is -2.83. The van der Waals surface area contributed by atoms with E-state index < -0.39 is 0 Å². The highest BCUT2D eigenvalue weighted by atomic mass is 35.5. The van der Waals surface area contributed by atoms with E-state index in [4.69, 9.17) is 16.3 Å². The number of likely N-dealkylation sites (tertiary alicyclic amines) is 1. The summed E-state index contributed by atoms with van der Waals surface area (Å²) in [7, 11) is 0. The van der Waals surface area contributed by atoms with Crippen LogP contribution in [0.4, 0.5) is 11.4 Å². The van der Waals surface area contributed by atoms with Crippen LogP contribution in [-0.2, 0) is 25.7 Å². The number of ether oxygens (including phenoxy) is 1. The van der Waals surface area contributed by atoms with Crippen molar-refractivity contribution < 1.29 is 19.1 Å². The number of halogens is 1. The van der Waals surface area contributed by atoms with Crippen LogP contribution >= 0.6 is 34.3 Å². The number of hydrogen-bond donors (Lipinski definition) is 2. The van der Waals surface area contributed by atoms with Crippen molar-refractivity contribution in [3.05, 3.63) is 51.8 Å². The van der Waals surface area contributed by atoms with E-state index in [-0.39, 0.29) is 36.9 Å². The van der Waals surface area contributed by atoms with E-state index in [1.165, 1.54) is 22.7 Å². The van der Waals surface area contributed by atoms with Crippen LogP contribution in [0.1, 0.15) is 17.7 Å².